The Morgan fingerprint density at radius 1 is 1.03 bits per heavy atom. The highest BCUT2D eigenvalue weighted by Crippen LogP contribution is 2.20. The minimum Gasteiger partial charge on any atom is -0.489 e. The quantitative estimate of drug-likeness (QED) is 0.486. The largest absolute Gasteiger partial charge is 0.489 e. The molecule has 0 saturated heterocycles. The van der Waals surface area contributed by atoms with E-state index in [9.17, 15) is 9.18 Å². The first-order valence-corrected chi connectivity index (χ1v) is 8.95. The van der Waals surface area contributed by atoms with Gasteiger partial charge in [-0.3, -0.25) is 4.79 Å². The fourth-order valence-electron chi connectivity index (χ4n) is 2.81. The molecule has 144 valence electrons. The van der Waals surface area contributed by atoms with Gasteiger partial charge in [-0.2, -0.15) is 0 Å². The van der Waals surface area contributed by atoms with Crippen LogP contribution in [0.5, 0.6) is 5.75 Å². The first-order valence-electron chi connectivity index (χ1n) is 8.95. The van der Waals surface area contributed by atoms with Gasteiger partial charge in [-0.05, 0) is 42.0 Å². The Morgan fingerprint density at radius 2 is 1.86 bits per heavy atom. The number of rotatable bonds is 6. The number of hydrogen-bond acceptors (Lipinski definition) is 4. The van der Waals surface area contributed by atoms with Gasteiger partial charge >= 0.3 is 0 Å². The van der Waals surface area contributed by atoms with Crippen molar-refractivity contribution in [1.29, 1.82) is 0 Å². The van der Waals surface area contributed by atoms with Gasteiger partial charge in [0, 0.05) is 22.9 Å². The van der Waals surface area contributed by atoms with E-state index in [1.807, 2.05) is 18.2 Å². The van der Waals surface area contributed by atoms with Crippen molar-refractivity contribution in [3.8, 4) is 17.1 Å². The van der Waals surface area contributed by atoms with Crippen molar-refractivity contribution in [2.24, 2.45) is 0 Å². The molecule has 6 heteroatoms. The van der Waals surface area contributed by atoms with E-state index < -0.39 is 0 Å². The van der Waals surface area contributed by atoms with E-state index in [4.69, 9.17) is 9.15 Å². The van der Waals surface area contributed by atoms with Gasteiger partial charge in [0.15, 0.2) is 12.2 Å². The van der Waals surface area contributed by atoms with E-state index in [2.05, 4.69) is 10.3 Å². The molecule has 0 unspecified atom stereocenters. The monoisotopic (exact) mass is 388 g/mol. The van der Waals surface area contributed by atoms with Crippen LogP contribution in [-0.4, -0.2) is 10.9 Å². The van der Waals surface area contributed by atoms with Gasteiger partial charge < -0.3 is 14.5 Å². The zero-order valence-corrected chi connectivity index (χ0v) is 15.3. The van der Waals surface area contributed by atoms with Gasteiger partial charge in [0.2, 0.25) is 0 Å². The lowest BCUT2D eigenvalue weighted by Gasteiger charge is -2.09. The van der Waals surface area contributed by atoms with Gasteiger partial charge in [-0.25, -0.2) is 9.37 Å². The summed E-state index contributed by atoms with van der Waals surface area (Å²) >= 11 is 0. The van der Waals surface area contributed by atoms with E-state index in [1.54, 1.807) is 48.7 Å². The third-order valence-electron chi connectivity index (χ3n) is 4.25. The highest BCUT2D eigenvalue weighted by atomic mass is 19.1. The Bertz CT molecular complexity index is 1110. The minimum atomic E-state index is -0.349. The zero-order chi connectivity index (χ0) is 20.1. The van der Waals surface area contributed by atoms with E-state index in [0.717, 1.165) is 11.1 Å². The van der Waals surface area contributed by atoms with Crippen molar-refractivity contribution in [2.75, 3.05) is 5.32 Å². The molecule has 4 rings (SSSR count). The van der Waals surface area contributed by atoms with Crippen LogP contribution in [0.25, 0.3) is 11.3 Å². The molecule has 5 nitrogen and oxygen atoms in total. The smallest absolute Gasteiger partial charge is 0.255 e. The number of hydrogen-bond donors (Lipinski definition) is 1. The molecule has 0 aliphatic carbocycles. The van der Waals surface area contributed by atoms with Crippen LogP contribution in [0, 0.1) is 5.82 Å². The number of halogens is 1. The molecular formula is C23H17FN2O3. The van der Waals surface area contributed by atoms with Crippen LogP contribution in [-0.2, 0) is 6.61 Å². The molecule has 0 aliphatic heterocycles. The van der Waals surface area contributed by atoms with Crippen molar-refractivity contribution in [3.05, 3.63) is 102 Å². The summed E-state index contributed by atoms with van der Waals surface area (Å²) in [6.45, 7) is 0.263. The number of nitrogens with one attached hydrogen (secondary N) is 1. The second-order valence-electron chi connectivity index (χ2n) is 6.34. The summed E-state index contributed by atoms with van der Waals surface area (Å²) in [4.78, 5) is 16.4. The standard InChI is InChI=1S/C23H17FN2O3/c24-19-4-2-6-21(12-19)28-14-16-3-1-5-20(11-16)26-23(27)18-9-7-17(8-10-18)22-13-25-15-29-22/h1-13,15H,14H2,(H,26,27). The lowest BCUT2D eigenvalue weighted by Crippen LogP contribution is -2.12. The maximum atomic E-state index is 13.2. The molecule has 29 heavy (non-hydrogen) atoms. The van der Waals surface area contributed by atoms with E-state index in [1.165, 1.54) is 18.5 Å². The van der Waals surface area contributed by atoms with Gasteiger partial charge in [0.25, 0.3) is 5.91 Å². The second-order valence-corrected chi connectivity index (χ2v) is 6.34. The number of anilines is 1. The van der Waals surface area contributed by atoms with Crippen molar-refractivity contribution < 1.29 is 18.3 Å². The summed E-state index contributed by atoms with van der Waals surface area (Å²) < 4.78 is 24.1. The molecule has 0 bridgehead atoms. The number of amides is 1. The normalized spacial score (nSPS) is 10.5. The Balaban J connectivity index is 1.40. The number of benzene rings is 3. The molecular weight excluding hydrogens is 371 g/mol. The van der Waals surface area contributed by atoms with Crippen LogP contribution in [0.2, 0.25) is 0 Å². The van der Waals surface area contributed by atoms with Crippen molar-refractivity contribution in [3.63, 3.8) is 0 Å². The molecule has 1 amide bonds. The van der Waals surface area contributed by atoms with Crippen LogP contribution < -0.4 is 10.1 Å². The van der Waals surface area contributed by atoms with Gasteiger partial charge in [0.1, 0.15) is 18.2 Å². The number of nitrogens with zero attached hydrogens (tertiary/aromatic N) is 1. The number of carbonyl (C=O) groups is 1. The zero-order valence-electron chi connectivity index (χ0n) is 15.3. The van der Waals surface area contributed by atoms with Crippen LogP contribution in [0.1, 0.15) is 15.9 Å². The second kappa shape index (κ2) is 8.39. The molecule has 0 aliphatic rings. The average molecular weight is 388 g/mol. The maximum Gasteiger partial charge on any atom is 0.255 e. The molecule has 0 fully saturated rings. The van der Waals surface area contributed by atoms with E-state index in [-0.39, 0.29) is 18.3 Å². The van der Waals surface area contributed by atoms with Gasteiger partial charge in [-0.15, -0.1) is 0 Å². The topological polar surface area (TPSA) is 64.4 Å². The molecule has 4 aromatic rings. The SMILES string of the molecule is O=C(Nc1cccc(COc2cccc(F)c2)c1)c1ccc(-c2cnco2)cc1. The predicted octanol–water partition coefficient (Wildman–Crippen LogP) is 5.31. The summed E-state index contributed by atoms with van der Waals surface area (Å²) in [6.07, 6.45) is 2.98. The molecule has 0 radical (unpaired) electrons. The van der Waals surface area contributed by atoms with Crippen LogP contribution in [0.15, 0.2) is 89.8 Å². The number of aromatic nitrogens is 1. The fraction of sp³-hybridized carbons (Fsp3) is 0.0435. The third-order valence-corrected chi connectivity index (χ3v) is 4.25. The Labute approximate surface area is 166 Å². The molecule has 0 atom stereocenters. The molecule has 0 saturated carbocycles. The highest BCUT2D eigenvalue weighted by molar-refractivity contribution is 6.04. The molecule has 1 heterocycles. The summed E-state index contributed by atoms with van der Waals surface area (Å²) in [6, 6.07) is 20.4. The summed E-state index contributed by atoms with van der Waals surface area (Å²) in [7, 11) is 0. The molecule has 1 N–H and O–H groups in total. The number of carbonyl (C=O) groups excluding carboxylic acids is 1. The first kappa shape index (κ1) is 18.4. The van der Waals surface area contributed by atoms with Crippen LogP contribution in [0.3, 0.4) is 0 Å². The van der Waals surface area contributed by atoms with Gasteiger partial charge in [-0.1, -0.05) is 30.3 Å². The predicted molar refractivity (Wildman–Crippen MR) is 107 cm³/mol. The van der Waals surface area contributed by atoms with Crippen LogP contribution >= 0.6 is 0 Å². The maximum absolute atomic E-state index is 13.2. The Morgan fingerprint density at radius 3 is 2.62 bits per heavy atom. The summed E-state index contributed by atoms with van der Waals surface area (Å²) in [5, 5.41) is 2.87. The van der Waals surface area contributed by atoms with E-state index >= 15 is 0 Å². The Hall–Kier alpha value is -3.93. The molecule has 3 aromatic carbocycles. The average Bonchev–Trinajstić information content (AvgIpc) is 3.28. The van der Waals surface area contributed by atoms with Crippen molar-refractivity contribution in [2.45, 2.75) is 6.61 Å². The Kier molecular flexibility index (Phi) is 5.33. The van der Waals surface area contributed by atoms with Crippen molar-refractivity contribution in [1.82, 2.24) is 4.98 Å². The van der Waals surface area contributed by atoms with Gasteiger partial charge in [0.05, 0.1) is 6.20 Å². The van der Waals surface area contributed by atoms with Crippen molar-refractivity contribution >= 4 is 11.6 Å². The lowest BCUT2D eigenvalue weighted by molar-refractivity contribution is 0.102. The van der Waals surface area contributed by atoms with E-state index in [0.29, 0.717) is 22.8 Å². The third kappa shape index (κ3) is 4.68. The first-order chi connectivity index (χ1) is 14.2. The van der Waals surface area contributed by atoms with Crippen LogP contribution in [0.4, 0.5) is 10.1 Å². The number of ether oxygens (including phenoxy) is 1. The minimum absolute atomic E-state index is 0.225. The molecule has 1 aromatic heterocycles. The number of oxazole rings is 1. The molecule has 0 spiro atoms. The highest BCUT2D eigenvalue weighted by Gasteiger charge is 2.08. The lowest BCUT2D eigenvalue weighted by atomic mass is 10.1. The fourth-order valence-corrected chi connectivity index (χ4v) is 2.81. The summed E-state index contributed by atoms with van der Waals surface area (Å²) in [5.41, 5.74) is 2.87. The summed E-state index contributed by atoms with van der Waals surface area (Å²) in [5.74, 6) is 0.518.